The van der Waals surface area contributed by atoms with Gasteiger partial charge in [0.1, 0.15) is 11.3 Å². The molecule has 3 heteroatoms. The fourth-order valence-corrected chi connectivity index (χ4v) is 2.80. The van der Waals surface area contributed by atoms with Crippen LogP contribution in [0.1, 0.15) is 44.1 Å². The number of aryl methyl sites for hydroxylation is 1. The van der Waals surface area contributed by atoms with Gasteiger partial charge in [0.15, 0.2) is 0 Å². The molecular weight excluding hydrogens is 260 g/mol. The molecule has 0 amide bonds. The largest absolute Gasteiger partial charge is 0.459 e. The molecule has 2 aromatic rings. The maximum atomic E-state index is 6.08. The average molecular weight is 288 g/mol. The van der Waals surface area contributed by atoms with Crippen LogP contribution in [0.15, 0.2) is 28.7 Å². The summed E-state index contributed by atoms with van der Waals surface area (Å²) in [7, 11) is 4.25. The summed E-state index contributed by atoms with van der Waals surface area (Å²) >= 11 is 0. The van der Waals surface area contributed by atoms with Crippen LogP contribution in [0.5, 0.6) is 0 Å². The van der Waals surface area contributed by atoms with Gasteiger partial charge in [-0.05, 0) is 59.4 Å². The van der Waals surface area contributed by atoms with Gasteiger partial charge in [0.25, 0.3) is 0 Å². The van der Waals surface area contributed by atoms with Crippen molar-refractivity contribution in [2.24, 2.45) is 0 Å². The lowest BCUT2D eigenvalue weighted by Gasteiger charge is -2.14. The molecule has 0 aliphatic carbocycles. The van der Waals surface area contributed by atoms with Crippen LogP contribution < -0.4 is 5.32 Å². The number of nitrogens with one attached hydrogen (secondary N) is 1. The van der Waals surface area contributed by atoms with Gasteiger partial charge < -0.3 is 14.6 Å². The molecule has 0 fully saturated rings. The second-order valence-electron chi connectivity index (χ2n) is 5.98. The predicted molar refractivity (Wildman–Crippen MR) is 89.8 cm³/mol. The van der Waals surface area contributed by atoms with Crippen LogP contribution >= 0.6 is 0 Å². The number of rotatable bonds is 8. The number of hydrogen-bond acceptors (Lipinski definition) is 3. The first kappa shape index (κ1) is 16.1. The Morgan fingerprint density at radius 2 is 1.95 bits per heavy atom. The van der Waals surface area contributed by atoms with Gasteiger partial charge in [-0.15, -0.1) is 0 Å². The number of unbranched alkanes of at least 4 members (excludes halogenated alkanes) is 1. The zero-order valence-corrected chi connectivity index (χ0v) is 13.8. The zero-order valence-electron chi connectivity index (χ0n) is 13.8. The van der Waals surface area contributed by atoms with Gasteiger partial charge in [-0.1, -0.05) is 25.1 Å². The SMILES string of the molecule is CCc1c(C(C)NCCCCN(C)C)oc2ccccc12. The highest BCUT2D eigenvalue weighted by Gasteiger charge is 2.17. The Bertz CT molecular complexity index is 559. The summed E-state index contributed by atoms with van der Waals surface area (Å²) in [4.78, 5) is 2.23. The summed E-state index contributed by atoms with van der Waals surface area (Å²) in [6.07, 6.45) is 3.44. The van der Waals surface area contributed by atoms with Crippen molar-refractivity contribution >= 4 is 11.0 Å². The standard InChI is InChI=1S/C18H28N2O/c1-5-15-16-10-6-7-11-17(16)21-18(15)14(2)19-12-8-9-13-20(3)4/h6-7,10-11,14,19H,5,8-9,12-13H2,1-4H3. The topological polar surface area (TPSA) is 28.4 Å². The smallest absolute Gasteiger partial charge is 0.134 e. The minimum Gasteiger partial charge on any atom is -0.459 e. The van der Waals surface area contributed by atoms with Crippen LogP contribution in [0.3, 0.4) is 0 Å². The predicted octanol–water partition coefficient (Wildman–Crippen LogP) is 3.99. The third-order valence-electron chi connectivity index (χ3n) is 3.96. The fraction of sp³-hybridized carbons (Fsp3) is 0.556. The quantitative estimate of drug-likeness (QED) is 0.745. The van der Waals surface area contributed by atoms with Crippen LogP contribution in [0, 0.1) is 0 Å². The molecule has 1 aromatic heterocycles. The van der Waals surface area contributed by atoms with Crippen molar-refractivity contribution < 1.29 is 4.42 Å². The van der Waals surface area contributed by atoms with Crippen molar-refractivity contribution in [1.29, 1.82) is 0 Å². The second-order valence-corrected chi connectivity index (χ2v) is 5.98. The molecule has 1 heterocycles. The first-order valence-electron chi connectivity index (χ1n) is 8.02. The van der Waals surface area contributed by atoms with E-state index in [9.17, 15) is 0 Å². The Hall–Kier alpha value is -1.32. The number of para-hydroxylation sites is 1. The van der Waals surface area contributed by atoms with Gasteiger partial charge in [0.05, 0.1) is 6.04 Å². The lowest BCUT2D eigenvalue weighted by Crippen LogP contribution is -2.21. The lowest BCUT2D eigenvalue weighted by atomic mass is 10.0. The van der Waals surface area contributed by atoms with Gasteiger partial charge in [-0.2, -0.15) is 0 Å². The zero-order chi connectivity index (χ0) is 15.2. The van der Waals surface area contributed by atoms with Crippen molar-refractivity contribution in [3.8, 4) is 0 Å². The first-order valence-corrected chi connectivity index (χ1v) is 8.02. The molecule has 2 rings (SSSR count). The summed E-state index contributed by atoms with van der Waals surface area (Å²) in [5.74, 6) is 1.10. The Morgan fingerprint density at radius 1 is 1.19 bits per heavy atom. The van der Waals surface area contributed by atoms with E-state index in [1.807, 2.05) is 6.07 Å². The fourth-order valence-electron chi connectivity index (χ4n) is 2.80. The molecule has 0 saturated heterocycles. The van der Waals surface area contributed by atoms with E-state index in [1.165, 1.54) is 23.8 Å². The number of benzene rings is 1. The van der Waals surface area contributed by atoms with Crippen molar-refractivity contribution in [3.63, 3.8) is 0 Å². The van der Waals surface area contributed by atoms with Crippen LogP contribution in [0.25, 0.3) is 11.0 Å². The molecule has 0 bridgehead atoms. The average Bonchev–Trinajstić information content (AvgIpc) is 2.85. The van der Waals surface area contributed by atoms with Gasteiger partial charge in [-0.25, -0.2) is 0 Å². The van der Waals surface area contributed by atoms with E-state index in [-0.39, 0.29) is 6.04 Å². The van der Waals surface area contributed by atoms with E-state index < -0.39 is 0 Å². The van der Waals surface area contributed by atoms with E-state index in [0.717, 1.165) is 30.9 Å². The van der Waals surface area contributed by atoms with Crippen LogP contribution in [-0.2, 0) is 6.42 Å². The lowest BCUT2D eigenvalue weighted by molar-refractivity contribution is 0.384. The number of furan rings is 1. The van der Waals surface area contributed by atoms with E-state index in [1.54, 1.807) is 0 Å². The monoisotopic (exact) mass is 288 g/mol. The van der Waals surface area contributed by atoms with Gasteiger partial charge in [0.2, 0.25) is 0 Å². The molecule has 0 saturated carbocycles. The molecule has 1 N–H and O–H groups in total. The first-order chi connectivity index (χ1) is 10.1. The number of nitrogens with zero attached hydrogens (tertiary/aromatic N) is 1. The normalized spacial score (nSPS) is 13.2. The van der Waals surface area contributed by atoms with E-state index in [0.29, 0.717) is 0 Å². The van der Waals surface area contributed by atoms with Crippen LogP contribution in [0.4, 0.5) is 0 Å². The van der Waals surface area contributed by atoms with Gasteiger partial charge in [0, 0.05) is 10.9 Å². The van der Waals surface area contributed by atoms with Crippen molar-refractivity contribution in [2.75, 3.05) is 27.2 Å². The Kier molecular flexibility index (Phi) is 5.83. The minimum absolute atomic E-state index is 0.270. The molecule has 116 valence electrons. The molecule has 0 aliphatic rings. The number of fused-ring (bicyclic) bond motifs is 1. The molecule has 0 radical (unpaired) electrons. The molecule has 0 spiro atoms. The molecule has 21 heavy (non-hydrogen) atoms. The summed E-state index contributed by atoms with van der Waals surface area (Å²) in [6, 6.07) is 8.60. The van der Waals surface area contributed by atoms with Gasteiger partial charge >= 0.3 is 0 Å². The van der Waals surface area contributed by atoms with E-state index >= 15 is 0 Å². The number of hydrogen-bond donors (Lipinski definition) is 1. The van der Waals surface area contributed by atoms with Crippen LogP contribution in [-0.4, -0.2) is 32.1 Å². The highest BCUT2D eigenvalue weighted by Crippen LogP contribution is 2.30. The molecule has 1 atom stereocenters. The summed E-state index contributed by atoms with van der Waals surface area (Å²) in [5, 5.41) is 4.86. The Labute approximate surface area is 128 Å². The van der Waals surface area contributed by atoms with E-state index in [4.69, 9.17) is 4.42 Å². The third-order valence-corrected chi connectivity index (χ3v) is 3.96. The minimum atomic E-state index is 0.270. The Balaban J connectivity index is 1.97. The maximum Gasteiger partial charge on any atom is 0.134 e. The molecule has 1 aromatic carbocycles. The van der Waals surface area contributed by atoms with Crippen molar-refractivity contribution in [2.45, 2.75) is 39.2 Å². The molecule has 1 unspecified atom stereocenters. The highest BCUT2D eigenvalue weighted by molar-refractivity contribution is 5.82. The molecule has 3 nitrogen and oxygen atoms in total. The summed E-state index contributed by atoms with van der Waals surface area (Å²) in [6.45, 7) is 6.59. The summed E-state index contributed by atoms with van der Waals surface area (Å²) in [5.41, 5.74) is 2.35. The third kappa shape index (κ3) is 4.08. The van der Waals surface area contributed by atoms with Crippen molar-refractivity contribution in [1.82, 2.24) is 10.2 Å². The highest BCUT2D eigenvalue weighted by atomic mass is 16.3. The van der Waals surface area contributed by atoms with Crippen LogP contribution in [0.2, 0.25) is 0 Å². The second kappa shape index (κ2) is 7.62. The molecular formula is C18H28N2O. The van der Waals surface area contributed by atoms with E-state index in [2.05, 4.69) is 56.4 Å². The van der Waals surface area contributed by atoms with Crippen molar-refractivity contribution in [3.05, 3.63) is 35.6 Å². The maximum absolute atomic E-state index is 6.08. The molecule has 0 aliphatic heterocycles. The van der Waals surface area contributed by atoms with Gasteiger partial charge in [-0.3, -0.25) is 0 Å². The summed E-state index contributed by atoms with van der Waals surface area (Å²) < 4.78 is 6.08. The Morgan fingerprint density at radius 3 is 2.67 bits per heavy atom.